The molecule has 24 heavy (non-hydrogen) atoms. The van der Waals surface area contributed by atoms with Gasteiger partial charge in [0.15, 0.2) is 0 Å². The Bertz CT molecular complexity index is 726. The van der Waals surface area contributed by atoms with Gasteiger partial charge in [-0.2, -0.15) is 0 Å². The molecule has 1 N–H and O–H groups in total. The lowest BCUT2D eigenvalue weighted by atomic mass is 9.93. The molecule has 0 amide bonds. The fourth-order valence-corrected chi connectivity index (χ4v) is 3.23. The molecule has 0 spiro atoms. The first-order valence-corrected chi connectivity index (χ1v) is 8.62. The van der Waals surface area contributed by atoms with Crippen molar-refractivity contribution < 1.29 is 4.39 Å². The number of likely N-dealkylation sites (N-methyl/N-ethyl adjacent to an activating group) is 1. The summed E-state index contributed by atoms with van der Waals surface area (Å²) in [5.41, 5.74) is 5.55. The van der Waals surface area contributed by atoms with Crippen LogP contribution in [0.2, 0.25) is 5.02 Å². The highest BCUT2D eigenvalue weighted by atomic mass is 35.5. The van der Waals surface area contributed by atoms with Crippen LogP contribution in [0, 0.1) is 12.7 Å². The summed E-state index contributed by atoms with van der Waals surface area (Å²) < 4.78 is 14.7. The Balaban J connectivity index is 2.34. The first-order valence-electron chi connectivity index (χ1n) is 8.24. The topological polar surface area (TPSA) is 12.0 Å². The molecule has 0 bridgehead atoms. The first-order chi connectivity index (χ1) is 11.3. The summed E-state index contributed by atoms with van der Waals surface area (Å²) >= 11 is 6.49. The number of hydrogen-bond donors (Lipinski definition) is 1. The van der Waals surface area contributed by atoms with Gasteiger partial charge < -0.3 is 5.32 Å². The third kappa shape index (κ3) is 4.18. The number of allylic oxidation sites excluding steroid dienone is 1. The van der Waals surface area contributed by atoms with Crippen molar-refractivity contribution in [3.63, 3.8) is 0 Å². The smallest absolute Gasteiger partial charge is 0.130 e. The zero-order valence-electron chi connectivity index (χ0n) is 14.8. The molecule has 0 heterocycles. The number of aryl methyl sites for hydroxylation is 1. The van der Waals surface area contributed by atoms with Gasteiger partial charge in [-0.05, 0) is 46.7 Å². The maximum absolute atomic E-state index is 14.7. The van der Waals surface area contributed by atoms with Crippen LogP contribution in [0.3, 0.4) is 0 Å². The molecule has 0 aliphatic carbocycles. The van der Waals surface area contributed by atoms with Gasteiger partial charge in [0, 0.05) is 30.6 Å². The van der Waals surface area contributed by atoms with E-state index in [4.69, 9.17) is 11.6 Å². The van der Waals surface area contributed by atoms with Gasteiger partial charge >= 0.3 is 0 Å². The van der Waals surface area contributed by atoms with Gasteiger partial charge in [-0.1, -0.05) is 56.3 Å². The van der Waals surface area contributed by atoms with E-state index in [0.29, 0.717) is 17.0 Å². The van der Waals surface area contributed by atoms with E-state index >= 15 is 0 Å². The van der Waals surface area contributed by atoms with Crippen LogP contribution in [-0.4, -0.2) is 7.05 Å². The monoisotopic (exact) mass is 345 g/mol. The van der Waals surface area contributed by atoms with Crippen molar-refractivity contribution in [2.24, 2.45) is 0 Å². The predicted molar refractivity (Wildman–Crippen MR) is 101 cm³/mol. The van der Waals surface area contributed by atoms with Gasteiger partial charge in [-0.25, -0.2) is 4.39 Å². The molecule has 2 rings (SSSR count). The SMILES string of the molecule is C=C(Cc1cc(C)c(Cc2cccc(C(C)C)c2F)c(Cl)c1)NC. The van der Waals surface area contributed by atoms with E-state index in [1.54, 1.807) is 0 Å². The lowest BCUT2D eigenvalue weighted by Crippen LogP contribution is -2.07. The highest BCUT2D eigenvalue weighted by Gasteiger charge is 2.14. The lowest BCUT2D eigenvalue weighted by Gasteiger charge is -2.15. The number of nitrogens with one attached hydrogen (secondary N) is 1. The van der Waals surface area contributed by atoms with Gasteiger partial charge in [0.05, 0.1) is 0 Å². The van der Waals surface area contributed by atoms with E-state index in [-0.39, 0.29) is 11.7 Å². The standard InChI is InChI=1S/C21H25ClFN/c1-13(2)18-8-6-7-17(21(18)23)12-19-14(3)9-16(11-20(19)22)10-15(4)24-5/h6-9,11,13,24H,4,10,12H2,1-3,5H3. The van der Waals surface area contributed by atoms with E-state index in [9.17, 15) is 4.39 Å². The Hall–Kier alpha value is -1.80. The third-order valence-electron chi connectivity index (χ3n) is 4.35. The Morgan fingerprint density at radius 3 is 2.58 bits per heavy atom. The van der Waals surface area contributed by atoms with Crippen LogP contribution in [0.5, 0.6) is 0 Å². The van der Waals surface area contributed by atoms with Gasteiger partial charge in [-0.15, -0.1) is 0 Å². The third-order valence-corrected chi connectivity index (χ3v) is 4.68. The molecule has 0 aromatic heterocycles. The first kappa shape index (κ1) is 18.5. The highest BCUT2D eigenvalue weighted by Crippen LogP contribution is 2.28. The van der Waals surface area contributed by atoms with Crippen LogP contribution in [-0.2, 0) is 12.8 Å². The molecule has 0 saturated carbocycles. The summed E-state index contributed by atoms with van der Waals surface area (Å²) in [5, 5.41) is 3.73. The Morgan fingerprint density at radius 1 is 1.29 bits per heavy atom. The second-order valence-corrected chi connectivity index (χ2v) is 6.96. The average Bonchev–Trinajstić information content (AvgIpc) is 2.51. The normalized spacial score (nSPS) is 11.0. The van der Waals surface area contributed by atoms with E-state index in [0.717, 1.165) is 34.4 Å². The van der Waals surface area contributed by atoms with Crippen molar-refractivity contribution in [1.82, 2.24) is 5.32 Å². The molecule has 0 atom stereocenters. The molecule has 0 aliphatic rings. The molecular formula is C21H25ClFN. The number of benzene rings is 2. The largest absolute Gasteiger partial charge is 0.392 e. The fourth-order valence-electron chi connectivity index (χ4n) is 2.88. The van der Waals surface area contributed by atoms with Crippen LogP contribution in [0.25, 0.3) is 0 Å². The van der Waals surface area contributed by atoms with E-state index in [2.05, 4.69) is 18.0 Å². The molecule has 0 aliphatic heterocycles. The minimum atomic E-state index is -0.115. The molecule has 0 fully saturated rings. The summed E-state index contributed by atoms with van der Waals surface area (Å²) in [6, 6.07) is 9.67. The van der Waals surface area contributed by atoms with Crippen molar-refractivity contribution in [3.8, 4) is 0 Å². The van der Waals surface area contributed by atoms with E-state index in [1.807, 2.05) is 52.1 Å². The van der Waals surface area contributed by atoms with Gasteiger partial charge in [-0.3, -0.25) is 0 Å². The summed E-state index contributed by atoms with van der Waals surface area (Å²) in [6.07, 6.45) is 1.23. The number of hydrogen-bond acceptors (Lipinski definition) is 1. The van der Waals surface area contributed by atoms with Crippen LogP contribution in [0.1, 0.15) is 47.6 Å². The molecule has 128 valence electrons. The van der Waals surface area contributed by atoms with Crippen molar-refractivity contribution in [3.05, 3.63) is 81.3 Å². The van der Waals surface area contributed by atoms with E-state index < -0.39 is 0 Å². The second kappa shape index (κ2) is 7.85. The zero-order chi connectivity index (χ0) is 17.9. The quantitative estimate of drug-likeness (QED) is 0.700. The Kier molecular flexibility index (Phi) is 6.06. The number of rotatable bonds is 6. The molecular weight excluding hydrogens is 321 g/mol. The lowest BCUT2D eigenvalue weighted by molar-refractivity contribution is 0.585. The van der Waals surface area contributed by atoms with Crippen LogP contribution >= 0.6 is 11.6 Å². The Labute approximate surface area is 149 Å². The molecule has 3 heteroatoms. The van der Waals surface area contributed by atoms with Crippen molar-refractivity contribution in [2.75, 3.05) is 7.05 Å². The molecule has 0 saturated heterocycles. The van der Waals surface area contributed by atoms with Crippen LogP contribution in [0.4, 0.5) is 4.39 Å². The van der Waals surface area contributed by atoms with Crippen LogP contribution in [0.15, 0.2) is 42.6 Å². The fraction of sp³-hybridized carbons (Fsp3) is 0.333. The second-order valence-electron chi connectivity index (χ2n) is 6.56. The average molecular weight is 346 g/mol. The molecule has 0 unspecified atom stereocenters. The predicted octanol–water partition coefficient (Wildman–Crippen LogP) is 5.78. The zero-order valence-corrected chi connectivity index (χ0v) is 15.6. The maximum atomic E-state index is 14.7. The van der Waals surface area contributed by atoms with Crippen molar-refractivity contribution >= 4 is 11.6 Å². The van der Waals surface area contributed by atoms with Crippen molar-refractivity contribution in [1.29, 1.82) is 0 Å². The minimum absolute atomic E-state index is 0.115. The van der Waals surface area contributed by atoms with Crippen LogP contribution < -0.4 is 5.32 Å². The summed E-state index contributed by atoms with van der Waals surface area (Å²) in [7, 11) is 1.86. The Morgan fingerprint density at radius 2 is 2.00 bits per heavy atom. The van der Waals surface area contributed by atoms with Gasteiger partial charge in [0.2, 0.25) is 0 Å². The highest BCUT2D eigenvalue weighted by molar-refractivity contribution is 6.31. The van der Waals surface area contributed by atoms with Crippen molar-refractivity contribution in [2.45, 2.75) is 39.5 Å². The molecule has 2 aromatic carbocycles. The summed E-state index contributed by atoms with van der Waals surface area (Å²) in [6.45, 7) is 9.98. The van der Waals surface area contributed by atoms with Gasteiger partial charge in [0.25, 0.3) is 0 Å². The maximum Gasteiger partial charge on any atom is 0.130 e. The summed E-state index contributed by atoms with van der Waals surface area (Å²) in [4.78, 5) is 0. The van der Waals surface area contributed by atoms with E-state index in [1.165, 1.54) is 0 Å². The summed E-state index contributed by atoms with van der Waals surface area (Å²) in [5.74, 6) is 0.0482. The number of halogens is 2. The molecule has 2 aromatic rings. The molecule has 1 nitrogen and oxygen atoms in total. The molecule has 0 radical (unpaired) electrons. The van der Waals surface area contributed by atoms with Gasteiger partial charge in [0.1, 0.15) is 5.82 Å². The minimum Gasteiger partial charge on any atom is -0.392 e.